The van der Waals surface area contributed by atoms with Crippen LogP contribution >= 0.6 is 11.6 Å². The summed E-state index contributed by atoms with van der Waals surface area (Å²) in [5.74, 6) is -1.29. The number of rotatable bonds is 7. The summed E-state index contributed by atoms with van der Waals surface area (Å²) in [5, 5.41) is 3.39. The third kappa shape index (κ3) is 6.03. The van der Waals surface area contributed by atoms with E-state index in [0.29, 0.717) is 6.42 Å². The highest BCUT2D eigenvalue weighted by atomic mass is 35.5. The van der Waals surface area contributed by atoms with Gasteiger partial charge in [-0.2, -0.15) is 0 Å². The first-order valence-electron chi connectivity index (χ1n) is 6.81. The number of halogens is 1. The Balaban J connectivity index is 2.59. The quantitative estimate of drug-likeness (QED) is 0.593. The van der Waals surface area contributed by atoms with Crippen LogP contribution in [0.5, 0.6) is 0 Å². The van der Waals surface area contributed by atoms with Gasteiger partial charge in [0.05, 0.1) is 22.9 Å². The summed E-state index contributed by atoms with van der Waals surface area (Å²) in [6.07, 6.45) is 1.31. The first kappa shape index (κ1) is 19.2. The predicted octanol–water partition coefficient (Wildman–Crippen LogP) is 1.94. The summed E-state index contributed by atoms with van der Waals surface area (Å²) < 4.78 is 28.7. The lowest BCUT2D eigenvalue weighted by Gasteiger charge is -2.08. The van der Waals surface area contributed by atoms with E-state index in [1.165, 1.54) is 19.2 Å². The molecule has 126 valence electrons. The van der Waals surface area contributed by atoms with Gasteiger partial charge in [-0.15, -0.1) is 0 Å². The van der Waals surface area contributed by atoms with Crippen LogP contribution in [0.2, 0.25) is 5.02 Å². The summed E-state index contributed by atoms with van der Waals surface area (Å²) in [4.78, 5) is 22.7. The molecule has 1 amide bonds. The first-order chi connectivity index (χ1) is 10.8. The fourth-order valence-corrected chi connectivity index (χ4v) is 3.21. The SMILES string of the molecule is COC(=O)C(C)CCNC(=O)/C=C/S(=O)(=O)c1ccccc1Cl. The molecular formula is C15H18ClNO5S. The van der Waals surface area contributed by atoms with E-state index in [4.69, 9.17) is 11.6 Å². The van der Waals surface area contributed by atoms with E-state index >= 15 is 0 Å². The number of hydrogen-bond donors (Lipinski definition) is 1. The molecule has 1 atom stereocenters. The highest BCUT2D eigenvalue weighted by Gasteiger charge is 2.15. The molecule has 1 N–H and O–H groups in total. The van der Waals surface area contributed by atoms with Gasteiger partial charge in [0.2, 0.25) is 15.7 Å². The number of carbonyl (C=O) groups is 2. The van der Waals surface area contributed by atoms with Crippen LogP contribution in [-0.4, -0.2) is 33.9 Å². The number of sulfone groups is 1. The highest BCUT2D eigenvalue weighted by Crippen LogP contribution is 2.22. The third-order valence-corrected chi connectivity index (χ3v) is 4.93. The largest absolute Gasteiger partial charge is 0.469 e. The molecule has 0 aliphatic rings. The van der Waals surface area contributed by atoms with Crippen molar-refractivity contribution < 1.29 is 22.7 Å². The van der Waals surface area contributed by atoms with Crippen LogP contribution in [0.25, 0.3) is 0 Å². The highest BCUT2D eigenvalue weighted by molar-refractivity contribution is 7.94. The second-order valence-corrected chi connectivity index (χ2v) is 6.99. The minimum Gasteiger partial charge on any atom is -0.469 e. The van der Waals surface area contributed by atoms with Crippen molar-refractivity contribution in [2.75, 3.05) is 13.7 Å². The zero-order chi connectivity index (χ0) is 17.5. The molecule has 6 nitrogen and oxygen atoms in total. The maximum Gasteiger partial charge on any atom is 0.308 e. The average Bonchev–Trinajstić information content (AvgIpc) is 2.52. The van der Waals surface area contributed by atoms with E-state index in [1.54, 1.807) is 19.1 Å². The van der Waals surface area contributed by atoms with Gasteiger partial charge < -0.3 is 10.1 Å². The summed E-state index contributed by atoms with van der Waals surface area (Å²) in [5.41, 5.74) is 0. The fraction of sp³-hybridized carbons (Fsp3) is 0.333. The van der Waals surface area contributed by atoms with E-state index in [0.717, 1.165) is 11.5 Å². The molecule has 0 aromatic heterocycles. The molecule has 0 heterocycles. The number of carbonyl (C=O) groups excluding carboxylic acids is 2. The van der Waals surface area contributed by atoms with E-state index in [2.05, 4.69) is 10.1 Å². The van der Waals surface area contributed by atoms with Gasteiger partial charge in [0.1, 0.15) is 0 Å². The molecule has 8 heteroatoms. The molecule has 0 aliphatic heterocycles. The molecule has 1 unspecified atom stereocenters. The number of nitrogens with one attached hydrogen (secondary N) is 1. The minimum atomic E-state index is -3.79. The Kier molecular flexibility index (Phi) is 7.25. The van der Waals surface area contributed by atoms with E-state index < -0.39 is 15.7 Å². The molecule has 1 aromatic carbocycles. The normalized spacial score (nSPS) is 12.8. The topological polar surface area (TPSA) is 89.5 Å². The van der Waals surface area contributed by atoms with Gasteiger partial charge in [0.15, 0.2) is 0 Å². The van der Waals surface area contributed by atoms with Crippen molar-refractivity contribution in [3.8, 4) is 0 Å². The molecule has 1 aromatic rings. The van der Waals surface area contributed by atoms with Crippen LogP contribution in [0.4, 0.5) is 0 Å². The van der Waals surface area contributed by atoms with E-state index in [9.17, 15) is 18.0 Å². The van der Waals surface area contributed by atoms with Crippen LogP contribution in [-0.2, 0) is 24.2 Å². The van der Waals surface area contributed by atoms with Crippen molar-refractivity contribution in [2.24, 2.45) is 5.92 Å². The van der Waals surface area contributed by atoms with Crippen molar-refractivity contribution in [1.82, 2.24) is 5.32 Å². The second kappa shape index (κ2) is 8.69. The standard InChI is InChI=1S/C15H18ClNO5S/c1-11(15(19)22-2)7-9-17-14(18)8-10-23(20,21)13-6-4-3-5-12(13)16/h3-6,8,10-11H,7,9H2,1-2H3,(H,17,18)/b10-8+. The maximum atomic E-state index is 12.1. The van der Waals surface area contributed by atoms with E-state index in [-0.39, 0.29) is 28.4 Å². The molecule has 0 saturated heterocycles. The van der Waals surface area contributed by atoms with Gasteiger partial charge in [0, 0.05) is 18.0 Å². The molecule has 0 aliphatic carbocycles. The molecule has 1 rings (SSSR count). The van der Waals surface area contributed by atoms with Gasteiger partial charge in [-0.3, -0.25) is 9.59 Å². The number of esters is 1. The van der Waals surface area contributed by atoms with Crippen LogP contribution in [0.3, 0.4) is 0 Å². The van der Waals surface area contributed by atoms with Gasteiger partial charge in [-0.25, -0.2) is 8.42 Å². The fourth-order valence-electron chi connectivity index (χ4n) is 1.69. The molecule has 0 radical (unpaired) electrons. The molecule has 0 spiro atoms. The van der Waals surface area contributed by atoms with Gasteiger partial charge in [0.25, 0.3) is 0 Å². The van der Waals surface area contributed by atoms with E-state index in [1.807, 2.05) is 0 Å². The lowest BCUT2D eigenvalue weighted by Crippen LogP contribution is -2.26. The number of hydrogen-bond acceptors (Lipinski definition) is 5. The number of amides is 1. The molecule has 23 heavy (non-hydrogen) atoms. The number of methoxy groups -OCH3 is 1. The average molecular weight is 360 g/mol. The van der Waals surface area contributed by atoms with Gasteiger partial charge in [-0.1, -0.05) is 30.7 Å². The summed E-state index contributed by atoms with van der Waals surface area (Å²) in [6, 6.07) is 5.97. The smallest absolute Gasteiger partial charge is 0.308 e. The lowest BCUT2D eigenvalue weighted by molar-refractivity contribution is -0.145. The third-order valence-electron chi connectivity index (χ3n) is 3.02. The Morgan fingerprint density at radius 2 is 2.00 bits per heavy atom. The monoisotopic (exact) mass is 359 g/mol. The summed E-state index contributed by atoms with van der Waals surface area (Å²) >= 11 is 5.83. The van der Waals surface area contributed by atoms with Gasteiger partial charge in [-0.05, 0) is 18.6 Å². The van der Waals surface area contributed by atoms with Crippen molar-refractivity contribution in [1.29, 1.82) is 0 Å². The van der Waals surface area contributed by atoms with Crippen LogP contribution < -0.4 is 5.32 Å². The molecular weight excluding hydrogens is 342 g/mol. The Morgan fingerprint density at radius 1 is 1.35 bits per heavy atom. The zero-order valence-corrected chi connectivity index (χ0v) is 14.4. The van der Waals surface area contributed by atoms with Crippen LogP contribution in [0, 0.1) is 5.92 Å². The van der Waals surface area contributed by atoms with Crippen LogP contribution in [0.15, 0.2) is 40.6 Å². The zero-order valence-electron chi connectivity index (χ0n) is 12.8. The predicted molar refractivity (Wildman–Crippen MR) is 86.6 cm³/mol. The Bertz CT molecular complexity index is 700. The van der Waals surface area contributed by atoms with Crippen molar-refractivity contribution >= 4 is 33.3 Å². The van der Waals surface area contributed by atoms with Gasteiger partial charge >= 0.3 is 5.97 Å². The number of ether oxygens (including phenoxy) is 1. The molecule has 0 bridgehead atoms. The first-order valence-corrected chi connectivity index (χ1v) is 8.73. The molecule has 0 fully saturated rings. The Morgan fingerprint density at radius 3 is 2.61 bits per heavy atom. The second-order valence-electron chi connectivity index (χ2n) is 4.78. The Labute approximate surface area is 140 Å². The van der Waals surface area contributed by atoms with Crippen LogP contribution in [0.1, 0.15) is 13.3 Å². The molecule has 0 saturated carbocycles. The number of benzene rings is 1. The lowest BCUT2D eigenvalue weighted by atomic mass is 10.1. The maximum absolute atomic E-state index is 12.1. The Hall–Kier alpha value is -1.86. The van der Waals surface area contributed by atoms with Crippen molar-refractivity contribution in [2.45, 2.75) is 18.2 Å². The van der Waals surface area contributed by atoms with Crippen molar-refractivity contribution in [3.63, 3.8) is 0 Å². The minimum absolute atomic E-state index is 0.0648. The summed E-state index contributed by atoms with van der Waals surface area (Å²) in [7, 11) is -2.50. The van der Waals surface area contributed by atoms with Crippen molar-refractivity contribution in [3.05, 3.63) is 40.8 Å². The summed E-state index contributed by atoms with van der Waals surface area (Å²) in [6.45, 7) is 1.90.